The average Bonchev–Trinajstić information content (AvgIpc) is 2.41. The smallest absolute Gasteiger partial charge is 0.236 e. The fraction of sp³-hybridized carbons (Fsp3) is 0.400. The zero-order valence-electron chi connectivity index (χ0n) is 11.2. The predicted octanol–water partition coefficient (Wildman–Crippen LogP) is 0.271. The zero-order valence-corrected chi connectivity index (χ0v) is 11.2. The third-order valence-electron chi connectivity index (χ3n) is 3.20. The van der Waals surface area contributed by atoms with Gasteiger partial charge in [0.2, 0.25) is 5.91 Å². The molecule has 4 heteroatoms. The zero-order chi connectivity index (χ0) is 13.7. The largest absolute Gasteiger partial charge is 0.343 e. The van der Waals surface area contributed by atoms with E-state index in [4.69, 9.17) is 5.73 Å². The number of carbonyl (C=O) groups excluding carboxylic acids is 1. The highest BCUT2D eigenvalue weighted by molar-refractivity contribution is 5.78. The third kappa shape index (κ3) is 3.82. The fourth-order valence-electron chi connectivity index (χ4n) is 2.10. The molecule has 100 valence electrons. The molecule has 1 heterocycles. The van der Waals surface area contributed by atoms with E-state index in [2.05, 4.69) is 28.9 Å². The number of carbonyl (C=O) groups is 1. The lowest BCUT2D eigenvalue weighted by Crippen LogP contribution is -2.47. The van der Waals surface area contributed by atoms with Gasteiger partial charge < -0.3 is 10.6 Å². The van der Waals surface area contributed by atoms with Crippen LogP contribution in [0.2, 0.25) is 0 Å². The van der Waals surface area contributed by atoms with E-state index in [0.717, 1.165) is 25.2 Å². The predicted molar refractivity (Wildman–Crippen MR) is 75.3 cm³/mol. The first-order chi connectivity index (χ1) is 9.19. The molecular weight excluding hydrogens is 238 g/mol. The van der Waals surface area contributed by atoms with Gasteiger partial charge >= 0.3 is 0 Å². The Morgan fingerprint density at radius 2 is 2.21 bits per heavy atom. The van der Waals surface area contributed by atoms with Crippen LogP contribution >= 0.6 is 0 Å². The van der Waals surface area contributed by atoms with Crippen LogP contribution in [0.4, 0.5) is 0 Å². The summed E-state index contributed by atoms with van der Waals surface area (Å²) in [4.78, 5) is 15.6. The molecule has 0 spiro atoms. The monoisotopic (exact) mass is 257 g/mol. The maximum absolute atomic E-state index is 11.7. The van der Waals surface area contributed by atoms with Gasteiger partial charge in [-0.25, -0.2) is 0 Å². The van der Waals surface area contributed by atoms with E-state index in [0.29, 0.717) is 13.1 Å². The standard InChI is InChI=1S/C15H19N3O/c1-17-8-9-18(12-15(17)19)11-14-5-2-4-13(10-14)6-3-7-16/h2,4-5,10H,7-9,11-12,16H2,1H3. The van der Waals surface area contributed by atoms with Gasteiger partial charge in [0, 0.05) is 32.2 Å². The van der Waals surface area contributed by atoms with Crippen molar-refractivity contribution in [3.8, 4) is 11.8 Å². The topological polar surface area (TPSA) is 49.6 Å². The van der Waals surface area contributed by atoms with Crippen molar-refractivity contribution in [2.75, 3.05) is 33.2 Å². The maximum atomic E-state index is 11.7. The minimum absolute atomic E-state index is 0.185. The second-order valence-corrected chi connectivity index (χ2v) is 4.73. The molecular formula is C15H19N3O. The van der Waals surface area contributed by atoms with Gasteiger partial charge in [0.05, 0.1) is 13.1 Å². The molecule has 1 amide bonds. The number of hydrogen-bond acceptors (Lipinski definition) is 3. The van der Waals surface area contributed by atoms with E-state index in [-0.39, 0.29) is 5.91 Å². The van der Waals surface area contributed by atoms with Crippen molar-refractivity contribution in [2.24, 2.45) is 5.73 Å². The molecule has 1 aromatic carbocycles. The molecule has 19 heavy (non-hydrogen) atoms. The number of piperazine rings is 1. The summed E-state index contributed by atoms with van der Waals surface area (Å²) in [6.07, 6.45) is 0. The molecule has 0 unspecified atom stereocenters. The summed E-state index contributed by atoms with van der Waals surface area (Å²) in [5, 5.41) is 0. The van der Waals surface area contributed by atoms with Crippen molar-refractivity contribution >= 4 is 5.91 Å². The Labute approximate surface area is 114 Å². The minimum Gasteiger partial charge on any atom is -0.343 e. The van der Waals surface area contributed by atoms with E-state index >= 15 is 0 Å². The van der Waals surface area contributed by atoms with Crippen LogP contribution in [0.3, 0.4) is 0 Å². The molecule has 0 radical (unpaired) electrons. The summed E-state index contributed by atoms with van der Waals surface area (Å²) < 4.78 is 0. The lowest BCUT2D eigenvalue weighted by Gasteiger charge is -2.31. The molecule has 0 aromatic heterocycles. The highest BCUT2D eigenvalue weighted by atomic mass is 16.2. The third-order valence-corrected chi connectivity index (χ3v) is 3.20. The van der Waals surface area contributed by atoms with Crippen molar-refractivity contribution in [3.05, 3.63) is 35.4 Å². The first-order valence-corrected chi connectivity index (χ1v) is 6.43. The molecule has 1 fully saturated rings. The van der Waals surface area contributed by atoms with Crippen LogP contribution in [-0.2, 0) is 11.3 Å². The van der Waals surface area contributed by atoms with Crippen molar-refractivity contribution in [1.29, 1.82) is 0 Å². The highest BCUT2D eigenvalue weighted by Gasteiger charge is 2.20. The summed E-state index contributed by atoms with van der Waals surface area (Å²) in [6.45, 7) is 3.37. The molecule has 0 bridgehead atoms. The van der Waals surface area contributed by atoms with Gasteiger partial charge in [0.25, 0.3) is 0 Å². The normalized spacial score (nSPS) is 16.1. The average molecular weight is 257 g/mol. The number of benzene rings is 1. The van der Waals surface area contributed by atoms with Gasteiger partial charge in [0.1, 0.15) is 0 Å². The van der Waals surface area contributed by atoms with Crippen LogP contribution in [-0.4, -0.2) is 48.9 Å². The van der Waals surface area contributed by atoms with Crippen LogP contribution in [0.15, 0.2) is 24.3 Å². The van der Waals surface area contributed by atoms with E-state index in [1.54, 1.807) is 4.90 Å². The molecule has 2 rings (SSSR count). The molecule has 0 atom stereocenters. The molecule has 1 saturated heterocycles. The number of hydrogen-bond donors (Lipinski definition) is 1. The molecule has 0 aliphatic carbocycles. The van der Waals surface area contributed by atoms with E-state index in [1.807, 2.05) is 19.2 Å². The molecule has 4 nitrogen and oxygen atoms in total. The SMILES string of the molecule is CN1CCN(Cc2cccc(C#CCN)c2)CC1=O. The lowest BCUT2D eigenvalue weighted by molar-refractivity contribution is -0.134. The summed E-state index contributed by atoms with van der Waals surface area (Å²) in [5.41, 5.74) is 7.53. The van der Waals surface area contributed by atoms with Crippen LogP contribution in [0, 0.1) is 11.8 Å². The quantitative estimate of drug-likeness (QED) is 0.774. The van der Waals surface area contributed by atoms with Gasteiger partial charge in [-0.05, 0) is 17.7 Å². The highest BCUT2D eigenvalue weighted by Crippen LogP contribution is 2.10. The van der Waals surface area contributed by atoms with Crippen molar-refractivity contribution in [3.63, 3.8) is 0 Å². The fourth-order valence-corrected chi connectivity index (χ4v) is 2.10. The first kappa shape index (κ1) is 13.6. The summed E-state index contributed by atoms with van der Waals surface area (Å²) in [7, 11) is 1.85. The van der Waals surface area contributed by atoms with Gasteiger partial charge in [-0.15, -0.1) is 0 Å². The second-order valence-electron chi connectivity index (χ2n) is 4.73. The number of nitrogens with zero attached hydrogens (tertiary/aromatic N) is 2. The molecule has 0 saturated carbocycles. The van der Waals surface area contributed by atoms with Crippen molar-refractivity contribution in [1.82, 2.24) is 9.80 Å². The summed E-state index contributed by atoms with van der Waals surface area (Å²) in [6, 6.07) is 8.09. The van der Waals surface area contributed by atoms with Crippen LogP contribution in [0.1, 0.15) is 11.1 Å². The van der Waals surface area contributed by atoms with Crippen LogP contribution < -0.4 is 5.73 Å². The Balaban J connectivity index is 2.01. The van der Waals surface area contributed by atoms with Crippen LogP contribution in [0.5, 0.6) is 0 Å². The van der Waals surface area contributed by atoms with E-state index < -0.39 is 0 Å². The first-order valence-electron chi connectivity index (χ1n) is 6.43. The number of rotatable bonds is 2. The van der Waals surface area contributed by atoms with Crippen molar-refractivity contribution < 1.29 is 4.79 Å². The van der Waals surface area contributed by atoms with Gasteiger partial charge in [-0.2, -0.15) is 0 Å². The Morgan fingerprint density at radius 1 is 1.37 bits per heavy atom. The Bertz CT molecular complexity index is 516. The lowest BCUT2D eigenvalue weighted by atomic mass is 10.1. The molecule has 1 aromatic rings. The molecule has 1 aliphatic heterocycles. The minimum atomic E-state index is 0.185. The summed E-state index contributed by atoms with van der Waals surface area (Å²) in [5.74, 6) is 6.07. The second kappa shape index (κ2) is 6.37. The number of amides is 1. The van der Waals surface area contributed by atoms with Gasteiger partial charge in [-0.3, -0.25) is 9.69 Å². The van der Waals surface area contributed by atoms with Gasteiger partial charge in [0.15, 0.2) is 0 Å². The van der Waals surface area contributed by atoms with Gasteiger partial charge in [-0.1, -0.05) is 24.0 Å². The number of likely N-dealkylation sites (N-methyl/N-ethyl adjacent to an activating group) is 1. The Hall–Kier alpha value is -1.83. The Morgan fingerprint density at radius 3 is 2.95 bits per heavy atom. The maximum Gasteiger partial charge on any atom is 0.236 e. The summed E-state index contributed by atoms with van der Waals surface area (Å²) >= 11 is 0. The van der Waals surface area contributed by atoms with Crippen molar-refractivity contribution in [2.45, 2.75) is 6.54 Å². The van der Waals surface area contributed by atoms with E-state index in [9.17, 15) is 4.79 Å². The van der Waals surface area contributed by atoms with E-state index in [1.165, 1.54) is 5.56 Å². The van der Waals surface area contributed by atoms with Crippen LogP contribution in [0.25, 0.3) is 0 Å². The Kier molecular flexibility index (Phi) is 4.56. The molecule has 1 aliphatic rings. The number of nitrogens with two attached hydrogens (primary N) is 1. The molecule has 2 N–H and O–H groups in total.